The number of amides is 2. The van der Waals surface area contributed by atoms with E-state index in [-0.39, 0.29) is 17.4 Å². The van der Waals surface area contributed by atoms with Gasteiger partial charge < -0.3 is 14.6 Å². The number of para-hydroxylation sites is 1. The van der Waals surface area contributed by atoms with Crippen LogP contribution in [0.1, 0.15) is 35.4 Å². The van der Waals surface area contributed by atoms with Gasteiger partial charge in [0, 0.05) is 43.5 Å². The van der Waals surface area contributed by atoms with Gasteiger partial charge in [-0.05, 0) is 38.9 Å². The van der Waals surface area contributed by atoms with E-state index in [0.717, 1.165) is 30.5 Å². The number of aryl methyl sites for hydroxylation is 1. The second-order valence-corrected chi connectivity index (χ2v) is 7.55. The summed E-state index contributed by atoms with van der Waals surface area (Å²) >= 11 is 0. The molecule has 4 rings (SSSR count). The molecule has 2 fully saturated rings. The molecule has 26 heavy (non-hydrogen) atoms. The zero-order valence-electron chi connectivity index (χ0n) is 15.4. The number of hydrogen-bond donors (Lipinski definition) is 1. The largest absolute Gasteiger partial charge is 0.461 e. The molecule has 6 heteroatoms. The number of nitrogens with one attached hydrogen (secondary N) is 1. The van der Waals surface area contributed by atoms with E-state index in [1.807, 2.05) is 36.1 Å². The van der Waals surface area contributed by atoms with E-state index < -0.39 is 0 Å². The van der Waals surface area contributed by atoms with Crippen LogP contribution in [0.25, 0.3) is 11.0 Å². The van der Waals surface area contributed by atoms with Gasteiger partial charge in [-0.1, -0.05) is 12.1 Å². The van der Waals surface area contributed by atoms with Crippen molar-refractivity contribution in [2.75, 3.05) is 33.2 Å². The molecule has 1 N–H and O–H groups in total. The number of carbonyl (C=O) groups excluding carboxylic acids is 2. The number of hydrogen-bond acceptors (Lipinski definition) is 4. The lowest BCUT2D eigenvalue weighted by atomic mass is 9.86. The van der Waals surface area contributed by atoms with E-state index in [1.54, 1.807) is 0 Å². The van der Waals surface area contributed by atoms with E-state index in [2.05, 4.69) is 17.3 Å². The van der Waals surface area contributed by atoms with E-state index in [0.29, 0.717) is 37.2 Å². The molecular formula is C20H25N3O3. The first-order valence-corrected chi connectivity index (χ1v) is 9.25. The Labute approximate surface area is 153 Å². The fraction of sp³-hybridized carbons (Fsp3) is 0.500. The predicted octanol–water partition coefficient (Wildman–Crippen LogP) is 2.17. The normalized spacial score (nSPS) is 24.7. The van der Waals surface area contributed by atoms with Gasteiger partial charge in [0.15, 0.2) is 0 Å². The van der Waals surface area contributed by atoms with Crippen LogP contribution in [0, 0.1) is 6.92 Å². The Kier molecular flexibility index (Phi) is 4.23. The highest BCUT2D eigenvalue weighted by molar-refractivity contribution is 6.05. The standard InChI is InChI=1S/C20H25N3O3/c1-14-12-15-4-3-5-16(18(15)26-14)19(25)23-11-10-22(2)20(13-23)7-6-17(24)21-9-8-20/h3-5,12H,6-11,13H2,1-2H3,(H,21,24)/t20-/m1/s1. The van der Waals surface area contributed by atoms with Crippen molar-refractivity contribution in [2.45, 2.75) is 31.7 Å². The molecule has 2 aromatic rings. The summed E-state index contributed by atoms with van der Waals surface area (Å²) in [5, 5.41) is 3.91. The van der Waals surface area contributed by atoms with E-state index in [9.17, 15) is 9.59 Å². The topological polar surface area (TPSA) is 65.8 Å². The summed E-state index contributed by atoms with van der Waals surface area (Å²) in [7, 11) is 2.11. The minimum absolute atomic E-state index is 0.0148. The Morgan fingerprint density at radius 1 is 1.27 bits per heavy atom. The van der Waals surface area contributed by atoms with Crippen molar-refractivity contribution in [1.29, 1.82) is 0 Å². The summed E-state index contributed by atoms with van der Waals surface area (Å²) in [4.78, 5) is 29.3. The maximum absolute atomic E-state index is 13.3. The highest BCUT2D eigenvalue weighted by atomic mass is 16.3. The third-order valence-electron chi connectivity index (χ3n) is 5.92. The van der Waals surface area contributed by atoms with Crippen molar-refractivity contribution < 1.29 is 14.0 Å². The number of carbonyl (C=O) groups is 2. The number of likely N-dealkylation sites (N-methyl/N-ethyl adjacent to an activating group) is 1. The van der Waals surface area contributed by atoms with Gasteiger partial charge in [-0.25, -0.2) is 0 Å². The van der Waals surface area contributed by atoms with Gasteiger partial charge in [0.1, 0.15) is 11.3 Å². The van der Waals surface area contributed by atoms with E-state index in [1.165, 1.54) is 0 Å². The Balaban J connectivity index is 1.63. The number of furan rings is 1. The molecule has 6 nitrogen and oxygen atoms in total. The minimum Gasteiger partial charge on any atom is -0.461 e. The number of nitrogens with zero attached hydrogens (tertiary/aromatic N) is 2. The molecule has 1 atom stereocenters. The molecule has 2 amide bonds. The van der Waals surface area contributed by atoms with Crippen molar-refractivity contribution in [1.82, 2.24) is 15.1 Å². The number of piperazine rings is 1. The fourth-order valence-electron chi connectivity index (χ4n) is 4.30. The second-order valence-electron chi connectivity index (χ2n) is 7.55. The van der Waals surface area contributed by atoms with Gasteiger partial charge in [-0.2, -0.15) is 0 Å². The summed E-state index contributed by atoms with van der Waals surface area (Å²) in [6.45, 7) is 4.71. The van der Waals surface area contributed by atoms with Crippen molar-refractivity contribution >= 4 is 22.8 Å². The molecule has 0 unspecified atom stereocenters. The summed E-state index contributed by atoms with van der Waals surface area (Å²) < 4.78 is 5.79. The first kappa shape index (κ1) is 17.1. The molecule has 2 aliphatic heterocycles. The first-order valence-electron chi connectivity index (χ1n) is 9.25. The van der Waals surface area contributed by atoms with Crippen LogP contribution in [0.4, 0.5) is 0 Å². The monoisotopic (exact) mass is 355 g/mol. The van der Waals surface area contributed by atoms with Gasteiger partial charge in [-0.15, -0.1) is 0 Å². The van der Waals surface area contributed by atoms with Crippen molar-refractivity contribution in [3.05, 3.63) is 35.6 Å². The average Bonchev–Trinajstić information content (AvgIpc) is 2.91. The van der Waals surface area contributed by atoms with Crippen molar-refractivity contribution in [3.8, 4) is 0 Å². The number of fused-ring (bicyclic) bond motifs is 1. The molecular weight excluding hydrogens is 330 g/mol. The van der Waals surface area contributed by atoms with Crippen LogP contribution < -0.4 is 5.32 Å². The van der Waals surface area contributed by atoms with Gasteiger partial charge in [0.2, 0.25) is 5.91 Å². The Bertz CT molecular complexity index is 859. The molecule has 0 radical (unpaired) electrons. The zero-order chi connectivity index (χ0) is 18.3. The lowest BCUT2D eigenvalue weighted by Crippen LogP contribution is -2.62. The Hall–Kier alpha value is -2.34. The molecule has 2 saturated heterocycles. The van der Waals surface area contributed by atoms with Crippen LogP contribution in [-0.2, 0) is 4.79 Å². The summed E-state index contributed by atoms with van der Waals surface area (Å²) in [6, 6.07) is 7.68. The maximum atomic E-state index is 13.3. The highest BCUT2D eigenvalue weighted by Crippen LogP contribution is 2.32. The lowest BCUT2D eigenvalue weighted by molar-refractivity contribution is -0.121. The summed E-state index contributed by atoms with van der Waals surface area (Å²) in [6.07, 6.45) is 2.16. The van der Waals surface area contributed by atoms with Gasteiger partial charge >= 0.3 is 0 Å². The SMILES string of the molecule is Cc1cc2cccc(C(=O)N3CCN(C)[C@]4(CCNC(=O)CC4)C3)c2o1. The smallest absolute Gasteiger partial charge is 0.257 e. The Morgan fingerprint density at radius 3 is 2.96 bits per heavy atom. The predicted molar refractivity (Wildman–Crippen MR) is 99.1 cm³/mol. The van der Waals surface area contributed by atoms with Gasteiger partial charge in [-0.3, -0.25) is 14.5 Å². The zero-order valence-corrected chi connectivity index (χ0v) is 15.4. The molecule has 0 saturated carbocycles. The molecule has 138 valence electrons. The first-order chi connectivity index (χ1) is 12.5. The molecule has 0 aliphatic carbocycles. The third-order valence-corrected chi connectivity index (χ3v) is 5.92. The second kappa shape index (κ2) is 6.43. The minimum atomic E-state index is -0.139. The molecule has 0 bridgehead atoms. The maximum Gasteiger partial charge on any atom is 0.257 e. The van der Waals surface area contributed by atoms with Crippen LogP contribution in [0.15, 0.2) is 28.7 Å². The van der Waals surface area contributed by atoms with Gasteiger partial charge in [0.05, 0.1) is 5.56 Å². The van der Waals surface area contributed by atoms with E-state index >= 15 is 0 Å². The molecule has 1 aromatic carbocycles. The van der Waals surface area contributed by atoms with Crippen LogP contribution in [0.5, 0.6) is 0 Å². The van der Waals surface area contributed by atoms with Crippen molar-refractivity contribution in [3.63, 3.8) is 0 Å². The Morgan fingerprint density at radius 2 is 2.12 bits per heavy atom. The lowest BCUT2D eigenvalue weighted by Gasteiger charge is -2.49. The highest BCUT2D eigenvalue weighted by Gasteiger charge is 2.42. The number of benzene rings is 1. The average molecular weight is 355 g/mol. The summed E-state index contributed by atoms with van der Waals surface area (Å²) in [5.74, 6) is 0.930. The quantitative estimate of drug-likeness (QED) is 0.851. The van der Waals surface area contributed by atoms with E-state index in [4.69, 9.17) is 4.42 Å². The van der Waals surface area contributed by atoms with Gasteiger partial charge in [0.25, 0.3) is 5.91 Å². The number of rotatable bonds is 1. The molecule has 1 spiro atoms. The van der Waals surface area contributed by atoms with Crippen molar-refractivity contribution in [2.24, 2.45) is 0 Å². The van der Waals surface area contributed by atoms with Crippen LogP contribution in [0.3, 0.4) is 0 Å². The molecule has 2 aliphatic rings. The summed E-state index contributed by atoms with van der Waals surface area (Å²) in [5.41, 5.74) is 1.15. The molecule has 3 heterocycles. The van der Waals surface area contributed by atoms with Crippen LogP contribution in [-0.4, -0.2) is 60.4 Å². The van der Waals surface area contributed by atoms with Crippen LogP contribution in [0.2, 0.25) is 0 Å². The van der Waals surface area contributed by atoms with Crippen LogP contribution >= 0.6 is 0 Å². The molecule has 1 aromatic heterocycles. The third kappa shape index (κ3) is 2.88. The fourth-order valence-corrected chi connectivity index (χ4v) is 4.30.